The minimum absolute atomic E-state index is 0. The highest BCUT2D eigenvalue weighted by molar-refractivity contribution is 14.0. The molecule has 0 saturated heterocycles. The van der Waals surface area contributed by atoms with Crippen molar-refractivity contribution in [2.24, 2.45) is 10.9 Å². The van der Waals surface area contributed by atoms with E-state index in [4.69, 9.17) is 4.74 Å². The molecule has 7 nitrogen and oxygen atoms in total. The van der Waals surface area contributed by atoms with Gasteiger partial charge < -0.3 is 20.3 Å². The fourth-order valence-electron chi connectivity index (χ4n) is 3.32. The van der Waals surface area contributed by atoms with Crippen molar-refractivity contribution in [3.63, 3.8) is 0 Å². The number of methoxy groups -OCH3 is 1. The molecule has 166 valence electrons. The van der Waals surface area contributed by atoms with Crippen LogP contribution < -0.4 is 10.6 Å². The number of carbonyl (C=O) groups is 1. The standard InChI is InChI=1S/C20H35N5O2S.HI/c1-5-21-20(23-12-11-22-18(26)16-9-7-6-8-10-16)25(3)13-17-14-28-19(24-17)15(2)27-4;/h14-16H,5-13H2,1-4H3,(H,21,23)(H,22,26);1H. The predicted octanol–water partition coefficient (Wildman–Crippen LogP) is 3.56. The van der Waals surface area contributed by atoms with Gasteiger partial charge in [-0.15, -0.1) is 35.3 Å². The fourth-order valence-corrected chi connectivity index (χ4v) is 4.16. The number of rotatable bonds is 9. The SMILES string of the molecule is CCNC(=NCCNC(=O)C1CCCCC1)N(C)Cc1csc(C(C)OC)n1.I. The van der Waals surface area contributed by atoms with Crippen molar-refractivity contribution >= 4 is 47.2 Å². The third-order valence-electron chi connectivity index (χ3n) is 5.02. The van der Waals surface area contributed by atoms with E-state index < -0.39 is 0 Å². The van der Waals surface area contributed by atoms with Crippen molar-refractivity contribution in [1.29, 1.82) is 0 Å². The van der Waals surface area contributed by atoms with Crippen LogP contribution in [0.5, 0.6) is 0 Å². The molecule has 2 N–H and O–H groups in total. The van der Waals surface area contributed by atoms with Gasteiger partial charge >= 0.3 is 0 Å². The molecule has 2 rings (SSSR count). The van der Waals surface area contributed by atoms with Crippen LogP contribution >= 0.6 is 35.3 Å². The van der Waals surface area contributed by atoms with Crippen LogP contribution in [-0.2, 0) is 16.1 Å². The molecule has 1 amide bonds. The van der Waals surface area contributed by atoms with Crippen LogP contribution in [0.4, 0.5) is 0 Å². The molecule has 0 aromatic carbocycles. The maximum Gasteiger partial charge on any atom is 0.223 e. The van der Waals surface area contributed by atoms with Gasteiger partial charge in [0.25, 0.3) is 0 Å². The molecule has 0 aliphatic heterocycles. The van der Waals surface area contributed by atoms with E-state index >= 15 is 0 Å². The molecule has 0 bridgehead atoms. The fraction of sp³-hybridized carbons (Fsp3) is 0.750. The summed E-state index contributed by atoms with van der Waals surface area (Å²) in [6, 6.07) is 0. The van der Waals surface area contributed by atoms with Gasteiger partial charge in [-0.1, -0.05) is 19.3 Å². The third-order valence-corrected chi connectivity index (χ3v) is 6.07. The number of guanidine groups is 1. The summed E-state index contributed by atoms with van der Waals surface area (Å²) in [4.78, 5) is 23.6. The highest BCUT2D eigenvalue weighted by atomic mass is 127. The van der Waals surface area contributed by atoms with Crippen LogP contribution in [0.2, 0.25) is 0 Å². The van der Waals surface area contributed by atoms with Gasteiger partial charge in [-0.25, -0.2) is 4.98 Å². The molecule has 1 unspecified atom stereocenters. The van der Waals surface area contributed by atoms with Gasteiger partial charge in [0.15, 0.2) is 5.96 Å². The Morgan fingerprint density at radius 2 is 2.10 bits per heavy atom. The smallest absolute Gasteiger partial charge is 0.223 e. The monoisotopic (exact) mass is 537 g/mol. The van der Waals surface area contributed by atoms with E-state index in [2.05, 4.69) is 37.8 Å². The maximum atomic E-state index is 12.2. The second kappa shape index (κ2) is 14.1. The van der Waals surface area contributed by atoms with Gasteiger partial charge in [0.2, 0.25) is 5.91 Å². The Morgan fingerprint density at radius 3 is 2.76 bits per heavy atom. The summed E-state index contributed by atoms with van der Waals surface area (Å²) < 4.78 is 5.33. The molecule has 1 aromatic heterocycles. The lowest BCUT2D eigenvalue weighted by atomic mass is 9.89. The third kappa shape index (κ3) is 8.75. The molecular formula is C20H36IN5O2S. The van der Waals surface area contributed by atoms with Crippen LogP contribution in [0.3, 0.4) is 0 Å². The number of hydrogen-bond acceptors (Lipinski definition) is 5. The number of nitrogens with zero attached hydrogens (tertiary/aromatic N) is 3. The Labute approximate surface area is 196 Å². The summed E-state index contributed by atoms with van der Waals surface area (Å²) in [5.41, 5.74) is 1.00. The molecule has 1 fully saturated rings. The lowest BCUT2D eigenvalue weighted by Gasteiger charge is -2.22. The molecule has 1 heterocycles. The normalized spacial score (nSPS) is 16.1. The topological polar surface area (TPSA) is 78.9 Å². The average molecular weight is 538 g/mol. The number of ether oxygens (including phenoxy) is 1. The number of halogens is 1. The summed E-state index contributed by atoms with van der Waals surface area (Å²) >= 11 is 1.62. The Kier molecular flexibility index (Phi) is 12.7. The van der Waals surface area contributed by atoms with Gasteiger partial charge in [0.1, 0.15) is 11.1 Å². The molecule has 1 aromatic rings. The molecule has 0 spiro atoms. The Balaban J connectivity index is 0.00000420. The van der Waals surface area contributed by atoms with E-state index in [1.807, 2.05) is 14.0 Å². The zero-order valence-electron chi connectivity index (χ0n) is 18.1. The van der Waals surface area contributed by atoms with E-state index in [1.165, 1.54) is 19.3 Å². The van der Waals surface area contributed by atoms with Crippen molar-refractivity contribution in [1.82, 2.24) is 20.5 Å². The number of thiazole rings is 1. The Morgan fingerprint density at radius 1 is 1.38 bits per heavy atom. The number of aromatic nitrogens is 1. The first kappa shape index (κ1) is 26.1. The molecular weight excluding hydrogens is 501 g/mol. The van der Waals surface area contributed by atoms with E-state index in [0.717, 1.165) is 36.0 Å². The van der Waals surface area contributed by atoms with Crippen molar-refractivity contribution in [3.8, 4) is 0 Å². The zero-order valence-corrected chi connectivity index (χ0v) is 21.2. The number of hydrogen-bond donors (Lipinski definition) is 2. The van der Waals surface area contributed by atoms with Crippen LogP contribution in [0.25, 0.3) is 0 Å². The lowest BCUT2D eigenvalue weighted by Crippen LogP contribution is -2.39. The minimum atomic E-state index is 0. The molecule has 9 heteroatoms. The molecule has 29 heavy (non-hydrogen) atoms. The first-order chi connectivity index (χ1) is 13.5. The van der Waals surface area contributed by atoms with Gasteiger partial charge in [-0.3, -0.25) is 9.79 Å². The molecule has 1 aliphatic carbocycles. The first-order valence-corrected chi connectivity index (χ1v) is 11.2. The van der Waals surface area contributed by atoms with E-state index in [-0.39, 0.29) is 41.9 Å². The van der Waals surface area contributed by atoms with Gasteiger partial charge in [0, 0.05) is 38.5 Å². The van der Waals surface area contributed by atoms with Crippen LogP contribution in [0.1, 0.15) is 62.8 Å². The van der Waals surface area contributed by atoms with Crippen LogP contribution in [0.15, 0.2) is 10.4 Å². The van der Waals surface area contributed by atoms with Gasteiger partial charge in [0.05, 0.1) is 18.8 Å². The quantitative estimate of drug-likeness (QED) is 0.218. The molecule has 1 saturated carbocycles. The zero-order chi connectivity index (χ0) is 20.4. The van der Waals surface area contributed by atoms with Crippen LogP contribution in [0, 0.1) is 5.92 Å². The Bertz CT molecular complexity index is 634. The predicted molar refractivity (Wildman–Crippen MR) is 130 cm³/mol. The number of amides is 1. The summed E-state index contributed by atoms with van der Waals surface area (Å²) in [5.74, 6) is 1.21. The number of aliphatic imine (C=N–C) groups is 1. The number of carbonyl (C=O) groups excluding carboxylic acids is 1. The van der Waals surface area contributed by atoms with E-state index in [9.17, 15) is 4.79 Å². The van der Waals surface area contributed by atoms with Crippen molar-refractivity contribution in [3.05, 3.63) is 16.1 Å². The summed E-state index contributed by atoms with van der Waals surface area (Å²) in [5, 5.41) is 9.40. The molecule has 1 atom stereocenters. The summed E-state index contributed by atoms with van der Waals surface area (Å²) in [6.07, 6.45) is 5.67. The van der Waals surface area contributed by atoms with Crippen molar-refractivity contribution < 1.29 is 9.53 Å². The second-order valence-electron chi connectivity index (χ2n) is 7.27. The largest absolute Gasteiger partial charge is 0.375 e. The van der Waals surface area contributed by atoms with E-state index in [1.54, 1.807) is 18.4 Å². The second-order valence-corrected chi connectivity index (χ2v) is 8.16. The van der Waals surface area contributed by atoms with Crippen molar-refractivity contribution in [2.75, 3.05) is 33.8 Å². The Hall–Kier alpha value is -0.940. The van der Waals surface area contributed by atoms with E-state index in [0.29, 0.717) is 19.6 Å². The van der Waals surface area contributed by atoms with Gasteiger partial charge in [-0.2, -0.15) is 0 Å². The highest BCUT2D eigenvalue weighted by Crippen LogP contribution is 2.23. The molecule has 1 aliphatic rings. The first-order valence-electron chi connectivity index (χ1n) is 10.3. The average Bonchev–Trinajstić information content (AvgIpc) is 3.18. The minimum Gasteiger partial charge on any atom is -0.375 e. The summed E-state index contributed by atoms with van der Waals surface area (Å²) in [6.45, 7) is 6.65. The lowest BCUT2D eigenvalue weighted by molar-refractivity contribution is -0.125. The maximum absolute atomic E-state index is 12.2. The van der Waals surface area contributed by atoms with Crippen molar-refractivity contribution in [2.45, 2.75) is 58.6 Å². The number of nitrogens with one attached hydrogen (secondary N) is 2. The summed E-state index contributed by atoms with van der Waals surface area (Å²) in [7, 11) is 3.70. The van der Waals surface area contributed by atoms with Gasteiger partial charge in [-0.05, 0) is 26.7 Å². The molecule has 0 radical (unpaired) electrons. The highest BCUT2D eigenvalue weighted by Gasteiger charge is 2.20. The van der Waals surface area contributed by atoms with Crippen LogP contribution in [-0.4, -0.2) is 55.5 Å².